The molecule has 0 spiro atoms. The lowest BCUT2D eigenvalue weighted by molar-refractivity contribution is 0.161. The number of hydrogen-bond acceptors (Lipinski definition) is 3. The van der Waals surface area contributed by atoms with Crippen molar-refractivity contribution < 1.29 is 4.74 Å². The monoisotopic (exact) mass is 248 g/mol. The van der Waals surface area contributed by atoms with Gasteiger partial charge in [0.1, 0.15) is 5.75 Å². The van der Waals surface area contributed by atoms with E-state index in [4.69, 9.17) is 10.5 Å². The highest BCUT2D eigenvalue weighted by atomic mass is 16.5. The zero-order chi connectivity index (χ0) is 13.2. The van der Waals surface area contributed by atoms with Crippen molar-refractivity contribution in [3.05, 3.63) is 24.0 Å². The quantitative estimate of drug-likeness (QED) is 0.894. The Morgan fingerprint density at radius 1 is 1.39 bits per heavy atom. The maximum absolute atomic E-state index is 6.68. The minimum absolute atomic E-state index is 0.252. The highest BCUT2D eigenvalue weighted by Crippen LogP contribution is 2.42. The van der Waals surface area contributed by atoms with Crippen molar-refractivity contribution in [2.45, 2.75) is 45.6 Å². The first-order valence-electron chi connectivity index (χ1n) is 6.93. The van der Waals surface area contributed by atoms with Gasteiger partial charge in [-0.1, -0.05) is 20.3 Å². The molecule has 1 aromatic rings. The summed E-state index contributed by atoms with van der Waals surface area (Å²) in [5.74, 6) is 2.00. The fraction of sp³-hybridized carbons (Fsp3) is 0.667. The molecule has 2 rings (SSSR count). The summed E-state index contributed by atoms with van der Waals surface area (Å²) in [7, 11) is 0. The van der Waals surface area contributed by atoms with Gasteiger partial charge in [-0.2, -0.15) is 0 Å². The molecule has 1 saturated carbocycles. The molecule has 3 heteroatoms. The van der Waals surface area contributed by atoms with Crippen molar-refractivity contribution in [2.75, 3.05) is 6.61 Å². The lowest BCUT2D eigenvalue weighted by atomic mass is 9.67. The zero-order valence-corrected chi connectivity index (χ0v) is 11.6. The summed E-state index contributed by atoms with van der Waals surface area (Å²) in [6.07, 6.45) is 7.16. The Morgan fingerprint density at radius 2 is 2.17 bits per heavy atom. The molecule has 3 nitrogen and oxygen atoms in total. The molecule has 2 N–H and O–H groups in total. The smallest absolute Gasteiger partial charge is 0.137 e. The van der Waals surface area contributed by atoms with Crippen molar-refractivity contribution in [3.63, 3.8) is 0 Å². The molecule has 0 amide bonds. The molecule has 0 aromatic carbocycles. The van der Waals surface area contributed by atoms with Crippen molar-refractivity contribution in [1.82, 2.24) is 4.98 Å². The van der Waals surface area contributed by atoms with Gasteiger partial charge < -0.3 is 10.5 Å². The largest absolute Gasteiger partial charge is 0.492 e. The van der Waals surface area contributed by atoms with Crippen LogP contribution in [0.2, 0.25) is 0 Å². The van der Waals surface area contributed by atoms with E-state index in [1.165, 1.54) is 12.8 Å². The average Bonchev–Trinajstić information content (AvgIpc) is 2.35. The molecule has 1 aliphatic rings. The first-order chi connectivity index (χ1) is 8.56. The van der Waals surface area contributed by atoms with Crippen LogP contribution in [0.1, 0.15) is 45.6 Å². The Labute approximate surface area is 110 Å². The third-order valence-corrected chi connectivity index (χ3v) is 4.22. The van der Waals surface area contributed by atoms with Gasteiger partial charge in [0.25, 0.3) is 0 Å². The van der Waals surface area contributed by atoms with E-state index in [1.54, 1.807) is 6.20 Å². The molecule has 1 fully saturated rings. The first kappa shape index (κ1) is 13.3. The van der Waals surface area contributed by atoms with Crippen LogP contribution in [0, 0.1) is 11.8 Å². The maximum atomic E-state index is 6.68. The van der Waals surface area contributed by atoms with Crippen LogP contribution < -0.4 is 10.5 Å². The van der Waals surface area contributed by atoms with E-state index in [0.29, 0.717) is 18.4 Å². The Morgan fingerprint density at radius 3 is 2.89 bits per heavy atom. The van der Waals surface area contributed by atoms with E-state index < -0.39 is 0 Å². The predicted octanol–water partition coefficient (Wildman–Crippen LogP) is 3.09. The summed E-state index contributed by atoms with van der Waals surface area (Å²) in [4.78, 5) is 4.28. The molecule has 0 aliphatic heterocycles. The second kappa shape index (κ2) is 5.27. The molecule has 1 aromatic heterocycles. The van der Waals surface area contributed by atoms with Crippen LogP contribution in [0.4, 0.5) is 0 Å². The Hall–Kier alpha value is -1.09. The van der Waals surface area contributed by atoms with Gasteiger partial charge in [0.15, 0.2) is 0 Å². The summed E-state index contributed by atoms with van der Waals surface area (Å²) in [6.45, 7) is 7.18. The third-order valence-electron chi connectivity index (χ3n) is 4.22. The van der Waals surface area contributed by atoms with E-state index in [9.17, 15) is 0 Å². The van der Waals surface area contributed by atoms with Crippen LogP contribution in [-0.4, -0.2) is 11.6 Å². The van der Waals surface area contributed by atoms with Gasteiger partial charge in [0.2, 0.25) is 0 Å². The second-order valence-electron chi connectivity index (χ2n) is 5.67. The fourth-order valence-corrected chi connectivity index (χ4v) is 2.99. The molecular weight excluding hydrogens is 224 g/mol. The average molecular weight is 248 g/mol. The van der Waals surface area contributed by atoms with E-state index in [2.05, 4.69) is 24.9 Å². The van der Waals surface area contributed by atoms with Gasteiger partial charge >= 0.3 is 0 Å². The number of nitrogens with zero attached hydrogens (tertiary/aromatic N) is 1. The van der Waals surface area contributed by atoms with Gasteiger partial charge in [-0.15, -0.1) is 0 Å². The normalized spacial score (nSPS) is 32.2. The fourth-order valence-electron chi connectivity index (χ4n) is 2.99. The standard InChI is InChI=1S/C15H24N2O/c1-4-18-14-7-13(9-17-10-14)15(16)8-11(2)5-6-12(15)3/h7,9-12H,4-6,8,16H2,1-3H3. The molecule has 1 aliphatic carbocycles. The maximum Gasteiger partial charge on any atom is 0.137 e. The topological polar surface area (TPSA) is 48.1 Å². The zero-order valence-electron chi connectivity index (χ0n) is 11.6. The third kappa shape index (κ3) is 2.51. The van der Waals surface area contributed by atoms with E-state index in [0.717, 1.165) is 17.7 Å². The van der Waals surface area contributed by atoms with Crippen LogP contribution in [0.15, 0.2) is 18.5 Å². The molecule has 100 valence electrons. The minimum Gasteiger partial charge on any atom is -0.492 e. The molecule has 0 saturated heterocycles. The number of aromatic nitrogens is 1. The summed E-state index contributed by atoms with van der Waals surface area (Å²) in [5.41, 5.74) is 7.55. The van der Waals surface area contributed by atoms with Gasteiger partial charge in [-0.3, -0.25) is 4.98 Å². The number of pyridine rings is 1. The Balaban J connectivity index is 2.30. The van der Waals surface area contributed by atoms with Crippen LogP contribution in [0.5, 0.6) is 5.75 Å². The lowest BCUT2D eigenvalue weighted by Crippen LogP contribution is -2.47. The molecule has 18 heavy (non-hydrogen) atoms. The van der Waals surface area contributed by atoms with E-state index in [1.807, 2.05) is 13.1 Å². The Kier molecular flexibility index (Phi) is 3.91. The van der Waals surface area contributed by atoms with Crippen molar-refractivity contribution in [3.8, 4) is 5.75 Å². The van der Waals surface area contributed by atoms with Gasteiger partial charge in [-0.25, -0.2) is 0 Å². The van der Waals surface area contributed by atoms with Crippen molar-refractivity contribution >= 4 is 0 Å². The van der Waals surface area contributed by atoms with Crippen molar-refractivity contribution in [1.29, 1.82) is 0 Å². The SMILES string of the molecule is CCOc1cncc(C2(N)CC(C)CCC2C)c1. The second-order valence-corrected chi connectivity index (χ2v) is 5.67. The van der Waals surface area contributed by atoms with E-state index >= 15 is 0 Å². The van der Waals surface area contributed by atoms with Gasteiger partial charge in [0.05, 0.1) is 12.8 Å². The van der Waals surface area contributed by atoms with Gasteiger partial charge in [0, 0.05) is 11.7 Å². The van der Waals surface area contributed by atoms with Crippen LogP contribution >= 0.6 is 0 Å². The molecule has 3 atom stereocenters. The summed E-state index contributed by atoms with van der Waals surface area (Å²) < 4.78 is 5.53. The number of nitrogens with two attached hydrogens (primary N) is 1. The molecular formula is C15H24N2O. The van der Waals surface area contributed by atoms with Crippen LogP contribution in [0.3, 0.4) is 0 Å². The predicted molar refractivity (Wildman–Crippen MR) is 73.5 cm³/mol. The lowest BCUT2D eigenvalue weighted by Gasteiger charge is -2.42. The number of hydrogen-bond donors (Lipinski definition) is 1. The summed E-state index contributed by atoms with van der Waals surface area (Å²) in [5, 5.41) is 0. The molecule has 3 unspecified atom stereocenters. The first-order valence-corrected chi connectivity index (χ1v) is 6.93. The Bertz CT molecular complexity index is 407. The molecule has 0 radical (unpaired) electrons. The molecule has 1 heterocycles. The summed E-state index contributed by atoms with van der Waals surface area (Å²) >= 11 is 0. The van der Waals surface area contributed by atoms with E-state index in [-0.39, 0.29) is 5.54 Å². The van der Waals surface area contributed by atoms with Crippen LogP contribution in [0.25, 0.3) is 0 Å². The number of ether oxygens (including phenoxy) is 1. The van der Waals surface area contributed by atoms with Crippen LogP contribution in [-0.2, 0) is 5.54 Å². The highest BCUT2D eigenvalue weighted by molar-refractivity contribution is 5.30. The van der Waals surface area contributed by atoms with Gasteiger partial charge in [-0.05, 0) is 43.2 Å². The molecule has 0 bridgehead atoms. The van der Waals surface area contributed by atoms with Crippen molar-refractivity contribution in [2.24, 2.45) is 17.6 Å². The highest BCUT2D eigenvalue weighted by Gasteiger charge is 2.39. The number of rotatable bonds is 3. The minimum atomic E-state index is -0.252. The summed E-state index contributed by atoms with van der Waals surface area (Å²) in [6, 6.07) is 2.06.